The third kappa shape index (κ3) is 3.42. The molecule has 0 unspecified atom stereocenters. The number of nitrogens with zero attached hydrogens (tertiary/aromatic N) is 2. The van der Waals surface area contributed by atoms with Crippen LogP contribution >= 0.6 is 0 Å². The number of nitrogens with one attached hydrogen (secondary N) is 2. The molecular weight excluding hydrogens is 340 g/mol. The van der Waals surface area contributed by atoms with Gasteiger partial charge in [0.2, 0.25) is 11.7 Å². The number of H-pyrrole nitrogens is 1. The summed E-state index contributed by atoms with van der Waals surface area (Å²) in [6, 6.07) is 16.2. The first-order valence-corrected chi connectivity index (χ1v) is 8.68. The molecule has 2 aromatic carbocycles. The molecular formula is C21H20N4O2. The minimum Gasteiger partial charge on any atom is -0.490 e. The molecule has 6 heteroatoms. The molecule has 6 nitrogen and oxygen atoms in total. The summed E-state index contributed by atoms with van der Waals surface area (Å²) < 4.78 is 7.05. The summed E-state index contributed by atoms with van der Waals surface area (Å²) >= 11 is 0. The molecule has 4 aromatic rings. The average Bonchev–Trinajstić information content (AvgIpc) is 3.12. The number of ether oxygens (including phenoxy) is 1. The monoisotopic (exact) mass is 360 g/mol. The Morgan fingerprint density at radius 2 is 2.00 bits per heavy atom. The Morgan fingerprint density at radius 3 is 2.78 bits per heavy atom. The van der Waals surface area contributed by atoms with E-state index in [1.54, 1.807) is 6.20 Å². The first kappa shape index (κ1) is 16.9. The highest BCUT2D eigenvalue weighted by molar-refractivity contribution is 5.85. The van der Waals surface area contributed by atoms with Crippen LogP contribution in [0.15, 0.2) is 65.7 Å². The molecule has 0 radical (unpaired) electrons. The van der Waals surface area contributed by atoms with E-state index < -0.39 is 5.56 Å². The van der Waals surface area contributed by atoms with Crippen LogP contribution in [-0.2, 0) is 6.54 Å². The van der Waals surface area contributed by atoms with E-state index in [9.17, 15) is 4.79 Å². The largest absolute Gasteiger partial charge is 0.490 e. The fourth-order valence-electron chi connectivity index (χ4n) is 3.08. The normalized spacial score (nSPS) is 10.9. The molecule has 0 amide bonds. The number of aromatic amines is 1. The Kier molecular flexibility index (Phi) is 4.38. The molecule has 0 aliphatic heterocycles. The van der Waals surface area contributed by atoms with Crippen molar-refractivity contribution in [3.05, 3.63) is 82.4 Å². The van der Waals surface area contributed by atoms with Gasteiger partial charge in [-0.3, -0.25) is 4.79 Å². The lowest BCUT2D eigenvalue weighted by Crippen LogP contribution is -2.19. The van der Waals surface area contributed by atoms with Crippen LogP contribution < -0.4 is 15.6 Å². The van der Waals surface area contributed by atoms with Crippen molar-refractivity contribution in [2.24, 2.45) is 0 Å². The van der Waals surface area contributed by atoms with E-state index in [2.05, 4.69) is 21.4 Å². The maximum atomic E-state index is 12.2. The summed E-state index contributed by atoms with van der Waals surface area (Å²) in [5.74, 6) is 0.687. The first-order chi connectivity index (χ1) is 13.1. The number of rotatable bonds is 5. The lowest BCUT2D eigenvalue weighted by Gasteiger charge is -2.16. The third-order valence-electron chi connectivity index (χ3n) is 4.52. The highest BCUT2D eigenvalue weighted by atomic mass is 16.5. The van der Waals surface area contributed by atoms with Gasteiger partial charge in [-0.05, 0) is 41.6 Å². The van der Waals surface area contributed by atoms with Crippen LogP contribution in [0.5, 0.6) is 5.75 Å². The number of benzene rings is 2. The van der Waals surface area contributed by atoms with Crippen LogP contribution in [0.1, 0.15) is 11.1 Å². The van der Waals surface area contributed by atoms with E-state index in [-0.39, 0.29) is 5.75 Å². The number of fused-ring (bicyclic) bond motifs is 1. The second-order valence-electron chi connectivity index (χ2n) is 6.41. The summed E-state index contributed by atoms with van der Waals surface area (Å²) in [4.78, 5) is 19.6. The number of anilines is 2. The number of methoxy groups -OCH3 is 1. The Hall–Kier alpha value is -3.54. The highest BCUT2D eigenvalue weighted by Gasteiger charge is 2.11. The maximum Gasteiger partial charge on any atom is 0.316 e. The lowest BCUT2D eigenvalue weighted by atomic mass is 10.1. The van der Waals surface area contributed by atoms with Gasteiger partial charge in [0.05, 0.1) is 19.9 Å². The molecule has 2 N–H and O–H groups in total. The first-order valence-electron chi connectivity index (χ1n) is 8.68. The predicted octanol–water partition coefficient (Wildman–Crippen LogP) is 3.83. The van der Waals surface area contributed by atoms with Gasteiger partial charge in [-0.15, -0.1) is 0 Å². The van der Waals surface area contributed by atoms with Crippen LogP contribution in [0.3, 0.4) is 0 Å². The van der Waals surface area contributed by atoms with Crippen LogP contribution in [0.2, 0.25) is 0 Å². The molecule has 0 atom stereocenters. The van der Waals surface area contributed by atoms with E-state index in [0.717, 1.165) is 27.7 Å². The molecule has 2 aromatic heterocycles. The van der Waals surface area contributed by atoms with E-state index in [0.29, 0.717) is 12.5 Å². The van der Waals surface area contributed by atoms with Gasteiger partial charge in [-0.2, -0.15) is 4.98 Å². The molecule has 2 heterocycles. The summed E-state index contributed by atoms with van der Waals surface area (Å²) in [6.07, 6.45) is 3.60. The van der Waals surface area contributed by atoms with Crippen LogP contribution in [0, 0.1) is 6.92 Å². The molecule has 0 aliphatic carbocycles. The maximum absolute atomic E-state index is 12.2. The number of aromatic nitrogens is 3. The standard InChI is InChI=1S/C21H20N4O2/c1-14-10-16-8-9-22-18(16)11-17(14)23-21-24-20(26)19(27-2)13-25(21)12-15-6-4-3-5-7-15/h3-11,13,22H,12H2,1-2H3,(H,23,24,26). The summed E-state index contributed by atoms with van der Waals surface area (Å²) in [6.45, 7) is 2.59. The van der Waals surface area contributed by atoms with Gasteiger partial charge in [0.25, 0.3) is 0 Å². The molecule has 27 heavy (non-hydrogen) atoms. The molecule has 4 rings (SSSR count). The van der Waals surface area contributed by atoms with Gasteiger partial charge in [0.1, 0.15) is 0 Å². The van der Waals surface area contributed by atoms with Crippen LogP contribution in [0.4, 0.5) is 11.6 Å². The van der Waals surface area contributed by atoms with Crippen molar-refractivity contribution in [3.63, 3.8) is 0 Å². The molecule has 0 fully saturated rings. The molecule has 0 saturated carbocycles. The zero-order valence-corrected chi connectivity index (χ0v) is 15.2. The van der Waals surface area contributed by atoms with Crippen molar-refractivity contribution in [1.29, 1.82) is 0 Å². The van der Waals surface area contributed by atoms with Crippen molar-refractivity contribution in [1.82, 2.24) is 14.5 Å². The molecule has 0 bridgehead atoms. The Morgan fingerprint density at radius 1 is 1.19 bits per heavy atom. The van der Waals surface area contributed by atoms with Gasteiger partial charge in [-0.25, -0.2) is 0 Å². The van der Waals surface area contributed by atoms with Crippen molar-refractivity contribution in [3.8, 4) is 5.75 Å². The van der Waals surface area contributed by atoms with E-state index >= 15 is 0 Å². The van der Waals surface area contributed by atoms with Crippen molar-refractivity contribution in [2.45, 2.75) is 13.5 Å². The number of aryl methyl sites for hydroxylation is 1. The van der Waals surface area contributed by atoms with E-state index in [4.69, 9.17) is 4.74 Å². The fourth-order valence-corrected chi connectivity index (χ4v) is 3.08. The summed E-state index contributed by atoms with van der Waals surface area (Å²) in [5.41, 5.74) is 3.68. The second-order valence-corrected chi connectivity index (χ2v) is 6.41. The van der Waals surface area contributed by atoms with Gasteiger partial charge in [0.15, 0.2) is 0 Å². The van der Waals surface area contributed by atoms with Crippen LogP contribution in [-0.4, -0.2) is 21.6 Å². The lowest BCUT2D eigenvalue weighted by molar-refractivity contribution is 0.402. The minimum absolute atomic E-state index is 0.216. The SMILES string of the molecule is COc1cn(Cc2ccccc2)c(Nc2cc3[nH]ccc3cc2C)nc1=O. The van der Waals surface area contributed by atoms with E-state index in [1.807, 2.05) is 60.2 Å². The average molecular weight is 360 g/mol. The quantitative estimate of drug-likeness (QED) is 0.567. The van der Waals surface area contributed by atoms with E-state index in [1.165, 1.54) is 7.11 Å². The number of hydrogen-bond donors (Lipinski definition) is 2. The Bertz CT molecular complexity index is 1150. The van der Waals surface area contributed by atoms with Gasteiger partial charge < -0.3 is 19.6 Å². The van der Waals surface area contributed by atoms with Crippen molar-refractivity contribution >= 4 is 22.5 Å². The highest BCUT2D eigenvalue weighted by Crippen LogP contribution is 2.25. The van der Waals surface area contributed by atoms with Crippen molar-refractivity contribution < 1.29 is 4.74 Å². The summed E-state index contributed by atoms with van der Waals surface area (Å²) in [7, 11) is 1.47. The minimum atomic E-state index is -0.400. The molecule has 0 aliphatic rings. The Balaban J connectivity index is 1.77. The molecule has 0 spiro atoms. The predicted molar refractivity (Wildman–Crippen MR) is 107 cm³/mol. The number of hydrogen-bond acceptors (Lipinski definition) is 4. The smallest absolute Gasteiger partial charge is 0.316 e. The summed E-state index contributed by atoms with van der Waals surface area (Å²) in [5, 5.41) is 4.45. The van der Waals surface area contributed by atoms with Gasteiger partial charge in [0, 0.05) is 17.4 Å². The Labute approximate surface area is 156 Å². The fraction of sp³-hybridized carbons (Fsp3) is 0.143. The van der Waals surface area contributed by atoms with Gasteiger partial charge >= 0.3 is 5.56 Å². The second kappa shape index (κ2) is 6.99. The zero-order chi connectivity index (χ0) is 18.8. The topological polar surface area (TPSA) is 71.9 Å². The van der Waals surface area contributed by atoms with Gasteiger partial charge in [-0.1, -0.05) is 30.3 Å². The molecule has 136 valence electrons. The zero-order valence-electron chi connectivity index (χ0n) is 15.2. The van der Waals surface area contributed by atoms with Crippen molar-refractivity contribution in [2.75, 3.05) is 12.4 Å². The third-order valence-corrected chi connectivity index (χ3v) is 4.52. The van der Waals surface area contributed by atoms with Crippen LogP contribution in [0.25, 0.3) is 10.9 Å². The molecule has 0 saturated heterocycles.